The zero-order valence-electron chi connectivity index (χ0n) is 17.2. The Kier molecular flexibility index (Phi) is 6.75. The van der Waals surface area contributed by atoms with E-state index in [0.717, 1.165) is 24.2 Å². The van der Waals surface area contributed by atoms with Crippen LogP contribution in [0.2, 0.25) is 0 Å². The van der Waals surface area contributed by atoms with Crippen molar-refractivity contribution in [3.05, 3.63) is 48.0 Å². The van der Waals surface area contributed by atoms with Gasteiger partial charge in [0.25, 0.3) is 5.91 Å². The van der Waals surface area contributed by atoms with Crippen molar-refractivity contribution in [1.82, 2.24) is 0 Å². The van der Waals surface area contributed by atoms with Crippen molar-refractivity contribution in [2.45, 2.75) is 33.6 Å². The minimum Gasteiger partial charge on any atom is -0.492 e. The molecule has 2 amide bonds. The molecule has 0 unspecified atom stereocenters. The van der Waals surface area contributed by atoms with Crippen molar-refractivity contribution >= 4 is 23.2 Å². The molecule has 29 heavy (non-hydrogen) atoms. The van der Waals surface area contributed by atoms with Crippen molar-refractivity contribution in [2.75, 3.05) is 30.0 Å². The van der Waals surface area contributed by atoms with Crippen LogP contribution in [0.5, 0.6) is 11.5 Å². The molecule has 0 atom stereocenters. The lowest BCUT2D eigenvalue weighted by molar-refractivity contribution is -0.121. The summed E-state index contributed by atoms with van der Waals surface area (Å²) in [4.78, 5) is 26.5. The van der Waals surface area contributed by atoms with Gasteiger partial charge in [-0.1, -0.05) is 26.0 Å². The molecular weight excluding hydrogens is 368 g/mol. The third-order valence-electron chi connectivity index (χ3n) is 5.10. The maximum absolute atomic E-state index is 12.4. The molecule has 0 radical (unpaired) electrons. The number of carbonyl (C=O) groups is 2. The Morgan fingerprint density at radius 3 is 2.72 bits per heavy atom. The molecule has 2 aromatic carbocycles. The van der Waals surface area contributed by atoms with E-state index >= 15 is 0 Å². The van der Waals surface area contributed by atoms with Crippen molar-refractivity contribution in [1.29, 1.82) is 0 Å². The standard InChI is InChI=1S/C23H28N2O4/c1-4-17(5-2)23(27)24-18-9-10-21-20(14-18)25(22(26)15-29-21)11-12-28-19-8-6-7-16(3)13-19/h6-10,13-14,17H,4-5,11-12,15H2,1-3H3,(H,24,27). The smallest absolute Gasteiger partial charge is 0.265 e. The van der Waals surface area contributed by atoms with E-state index in [1.165, 1.54) is 0 Å². The Morgan fingerprint density at radius 2 is 2.00 bits per heavy atom. The second-order valence-electron chi connectivity index (χ2n) is 7.18. The summed E-state index contributed by atoms with van der Waals surface area (Å²) in [7, 11) is 0. The number of fused-ring (bicyclic) bond motifs is 1. The van der Waals surface area contributed by atoms with Crippen molar-refractivity contribution < 1.29 is 19.1 Å². The number of nitrogens with zero attached hydrogens (tertiary/aromatic N) is 1. The largest absolute Gasteiger partial charge is 0.492 e. The summed E-state index contributed by atoms with van der Waals surface area (Å²) in [6.07, 6.45) is 1.58. The van der Waals surface area contributed by atoms with Gasteiger partial charge in [-0.25, -0.2) is 0 Å². The molecular formula is C23H28N2O4. The van der Waals surface area contributed by atoms with E-state index in [0.29, 0.717) is 30.3 Å². The van der Waals surface area contributed by atoms with Gasteiger partial charge in [0.05, 0.1) is 12.2 Å². The van der Waals surface area contributed by atoms with Crippen LogP contribution in [-0.2, 0) is 9.59 Å². The van der Waals surface area contributed by atoms with E-state index in [-0.39, 0.29) is 24.3 Å². The van der Waals surface area contributed by atoms with Crippen molar-refractivity contribution in [3.8, 4) is 11.5 Å². The van der Waals surface area contributed by atoms with Gasteiger partial charge >= 0.3 is 0 Å². The predicted octanol–water partition coefficient (Wildman–Crippen LogP) is 4.17. The highest BCUT2D eigenvalue weighted by atomic mass is 16.5. The Bertz CT molecular complexity index is 877. The zero-order chi connectivity index (χ0) is 20.8. The van der Waals surface area contributed by atoms with E-state index in [1.54, 1.807) is 23.1 Å². The molecule has 1 heterocycles. The Hall–Kier alpha value is -3.02. The number of aryl methyl sites for hydroxylation is 1. The zero-order valence-corrected chi connectivity index (χ0v) is 17.2. The van der Waals surface area contributed by atoms with Gasteiger partial charge in [0, 0.05) is 11.6 Å². The average Bonchev–Trinajstić information content (AvgIpc) is 2.70. The van der Waals surface area contributed by atoms with Crippen molar-refractivity contribution in [3.63, 3.8) is 0 Å². The van der Waals surface area contributed by atoms with Gasteiger partial charge < -0.3 is 19.7 Å². The molecule has 0 spiro atoms. The molecule has 2 aromatic rings. The summed E-state index contributed by atoms with van der Waals surface area (Å²) in [6, 6.07) is 13.2. The highest BCUT2D eigenvalue weighted by Gasteiger charge is 2.26. The van der Waals surface area contributed by atoms with E-state index in [9.17, 15) is 9.59 Å². The molecule has 0 bridgehead atoms. The fraction of sp³-hybridized carbons (Fsp3) is 0.391. The number of carbonyl (C=O) groups excluding carboxylic acids is 2. The van der Waals surface area contributed by atoms with E-state index in [1.807, 2.05) is 45.0 Å². The topological polar surface area (TPSA) is 67.9 Å². The van der Waals surface area contributed by atoms with Crippen LogP contribution in [0.1, 0.15) is 32.3 Å². The molecule has 1 aliphatic heterocycles. The number of amides is 2. The maximum Gasteiger partial charge on any atom is 0.265 e. The first kappa shape index (κ1) is 20.7. The first-order valence-electron chi connectivity index (χ1n) is 10.1. The molecule has 0 saturated carbocycles. The third kappa shape index (κ3) is 5.08. The number of anilines is 2. The van der Waals surface area contributed by atoms with Gasteiger partial charge in [0.2, 0.25) is 5.91 Å². The summed E-state index contributed by atoms with van der Waals surface area (Å²) in [5.74, 6) is 1.24. The predicted molar refractivity (Wildman–Crippen MR) is 114 cm³/mol. The summed E-state index contributed by atoms with van der Waals surface area (Å²) in [5, 5.41) is 2.95. The highest BCUT2D eigenvalue weighted by molar-refractivity contribution is 5.99. The summed E-state index contributed by atoms with van der Waals surface area (Å²) in [6.45, 7) is 6.77. The molecule has 0 fully saturated rings. The van der Waals surface area contributed by atoms with Crippen LogP contribution >= 0.6 is 0 Å². The molecule has 154 valence electrons. The van der Waals surface area contributed by atoms with Crippen LogP contribution in [0, 0.1) is 12.8 Å². The van der Waals surface area contributed by atoms with Gasteiger partial charge in [0.15, 0.2) is 6.61 Å². The molecule has 0 aromatic heterocycles. The van der Waals surface area contributed by atoms with Crippen LogP contribution in [0.3, 0.4) is 0 Å². The molecule has 3 rings (SSSR count). The van der Waals surface area contributed by atoms with Crippen molar-refractivity contribution in [2.24, 2.45) is 5.92 Å². The lowest BCUT2D eigenvalue weighted by atomic mass is 10.0. The summed E-state index contributed by atoms with van der Waals surface area (Å²) in [5.41, 5.74) is 2.42. The van der Waals surface area contributed by atoms with E-state index in [4.69, 9.17) is 9.47 Å². The fourth-order valence-corrected chi connectivity index (χ4v) is 3.39. The van der Waals surface area contributed by atoms with Crippen LogP contribution in [0.25, 0.3) is 0 Å². The van der Waals surface area contributed by atoms with Gasteiger partial charge in [-0.15, -0.1) is 0 Å². The van der Waals surface area contributed by atoms with Crippen LogP contribution in [0.15, 0.2) is 42.5 Å². The fourth-order valence-electron chi connectivity index (χ4n) is 3.39. The van der Waals surface area contributed by atoms with Crippen LogP contribution < -0.4 is 19.7 Å². The SMILES string of the molecule is CCC(CC)C(=O)Nc1ccc2c(c1)N(CCOc1cccc(C)c1)C(=O)CO2. The van der Waals surface area contributed by atoms with E-state index in [2.05, 4.69) is 5.32 Å². The highest BCUT2D eigenvalue weighted by Crippen LogP contribution is 2.34. The molecule has 6 heteroatoms. The molecule has 0 saturated heterocycles. The number of hydrogen-bond acceptors (Lipinski definition) is 4. The summed E-state index contributed by atoms with van der Waals surface area (Å²) < 4.78 is 11.4. The quantitative estimate of drug-likeness (QED) is 0.727. The number of ether oxygens (including phenoxy) is 2. The van der Waals surface area contributed by atoms with Gasteiger partial charge in [0.1, 0.15) is 18.1 Å². The second kappa shape index (κ2) is 9.45. The lowest BCUT2D eigenvalue weighted by Crippen LogP contribution is -2.41. The Morgan fingerprint density at radius 1 is 1.21 bits per heavy atom. The Balaban J connectivity index is 1.71. The number of hydrogen-bond donors (Lipinski definition) is 1. The van der Waals surface area contributed by atoms with Gasteiger partial charge in [-0.3, -0.25) is 9.59 Å². The first-order valence-corrected chi connectivity index (χ1v) is 10.1. The van der Waals surface area contributed by atoms with Gasteiger partial charge in [-0.05, 0) is 55.7 Å². The van der Waals surface area contributed by atoms with Gasteiger partial charge in [-0.2, -0.15) is 0 Å². The summed E-state index contributed by atoms with van der Waals surface area (Å²) >= 11 is 0. The third-order valence-corrected chi connectivity index (χ3v) is 5.10. The number of nitrogens with one attached hydrogen (secondary N) is 1. The normalized spacial score (nSPS) is 13.1. The maximum atomic E-state index is 12.4. The lowest BCUT2D eigenvalue weighted by Gasteiger charge is -2.30. The van der Waals surface area contributed by atoms with Crippen LogP contribution in [-0.4, -0.2) is 31.6 Å². The molecule has 6 nitrogen and oxygen atoms in total. The number of benzene rings is 2. The van der Waals surface area contributed by atoms with Crippen LogP contribution in [0.4, 0.5) is 11.4 Å². The second-order valence-corrected chi connectivity index (χ2v) is 7.18. The number of rotatable bonds is 8. The van der Waals surface area contributed by atoms with E-state index < -0.39 is 0 Å². The molecule has 1 N–H and O–H groups in total. The first-order chi connectivity index (χ1) is 14.0. The molecule has 1 aliphatic rings. The monoisotopic (exact) mass is 396 g/mol. The Labute approximate surface area is 171 Å². The minimum atomic E-state index is -0.131. The average molecular weight is 396 g/mol. The molecule has 0 aliphatic carbocycles. The minimum absolute atomic E-state index is 0.00308.